The van der Waals surface area contributed by atoms with Gasteiger partial charge in [-0.05, 0) is 69.8 Å². The quantitative estimate of drug-likeness (QED) is 0.0782. The third kappa shape index (κ3) is 10.8. The third-order valence-electron chi connectivity index (χ3n) is 6.37. The number of hydrogen-bond donors (Lipinski definition) is 0. The second-order valence-electron chi connectivity index (χ2n) is 10.0. The van der Waals surface area contributed by atoms with Crippen LogP contribution >= 0.6 is 34.5 Å². The van der Waals surface area contributed by atoms with E-state index in [4.69, 9.17) is 42.1 Å². The molecule has 48 heavy (non-hydrogen) atoms. The minimum Gasteiger partial charge on any atom is -0.463 e. The number of nitro groups is 1. The van der Waals surface area contributed by atoms with Crippen molar-refractivity contribution in [3.63, 3.8) is 0 Å². The minimum absolute atomic E-state index is 0.0111. The Labute approximate surface area is 288 Å². The molecule has 11 nitrogen and oxygen atoms in total. The van der Waals surface area contributed by atoms with Crippen molar-refractivity contribution in [3.8, 4) is 11.5 Å². The van der Waals surface area contributed by atoms with Gasteiger partial charge in [0.15, 0.2) is 6.10 Å². The number of halogens is 5. The van der Waals surface area contributed by atoms with E-state index in [9.17, 15) is 37.7 Å². The van der Waals surface area contributed by atoms with Gasteiger partial charge in [-0.25, -0.2) is 9.59 Å². The summed E-state index contributed by atoms with van der Waals surface area (Å²) in [6.45, 7) is 9.29. The van der Waals surface area contributed by atoms with Crippen LogP contribution in [0.5, 0.6) is 11.5 Å². The lowest BCUT2D eigenvalue weighted by Crippen LogP contribution is -2.42. The van der Waals surface area contributed by atoms with Gasteiger partial charge >= 0.3 is 18.1 Å². The Hall–Kier alpha value is -3.92. The van der Waals surface area contributed by atoms with Crippen molar-refractivity contribution in [2.45, 2.75) is 52.9 Å². The normalized spacial score (nSPS) is 12.2. The number of carbonyl (C=O) groups is 3. The van der Waals surface area contributed by atoms with Crippen LogP contribution in [-0.4, -0.2) is 61.1 Å². The average Bonchev–Trinajstić information content (AvgIpc) is 3.34. The van der Waals surface area contributed by atoms with E-state index in [2.05, 4.69) is 5.38 Å². The number of amides is 1. The van der Waals surface area contributed by atoms with Gasteiger partial charge in [0, 0.05) is 24.1 Å². The maximum absolute atomic E-state index is 12.8. The summed E-state index contributed by atoms with van der Waals surface area (Å²) < 4.78 is 58.3. The van der Waals surface area contributed by atoms with Crippen LogP contribution in [0.4, 0.5) is 24.5 Å². The molecule has 2 atom stereocenters. The van der Waals surface area contributed by atoms with Crippen molar-refractivity contribution in [3.05, 3.63) is 78.5 Å². The molecule has 2 aromatic carbocycles. The van der Waals surface area contributed by atoms with Crippen molar-refractivity contribution in [1.82, 2.24) is 0 Å². The first-order chi connectivity index (χ1) is 22.5. The zero-order valence-corrected chi connectivity index (χ0v) is 29.0. The van der Waals surface area contributed by atoms with Gasteiger partial charge in [-0.15, -0.1) is 22.9 Å². The van der Waals surface area contributed by atoms with Crippen LogP contribution in [0.1, 0.15) is 47.1 Å². The largest absolute Gasteiger partial charge is 0.463 e. The molecule has 0 radical (unpaired) electrons. The lowest BCUT2D eigenvalue weighted by Gasteiger charge is -2.29. The van der Waals surface area contributed by atoms with Crippen LogP contribution in [0.2, 0.25) is 5.02 Å². The van der Waals surface area contributed by atoms with E-state index in [1.807, 2.05) is 20.8 Å². The van der Waals surface area contributed by atoms with E-state index in [-0.39, 0.29) is 41.0 Å². The van der Waals surface area contributed by atoms with E-state index < -0.39 is 46.0 Å². The van der Waals surface area contributed by atoms with Crippen LogP contribution in [0.25, 0.3) is 0 Å². The van der Waals surface area contributed by atoms with Crippen LogP contribution in [0.3, 0.4) is 0 Å². The third-order valence-corrected chi connectivity index (χ3v) is 7.91. The number of aryl methyl sites for hydroxylation is 2. The summed E-state index contributed by atoms with van der Waals surface area (Å²) in [6, 6.07) is 5.36. The van der Waals surface area contributed by atoms with Gasteiger partial charge in [-0.1, -0.05) is 11.6 Å². The number of alkyl halides is 4. The van der Waals surface area contributed by atoms with Gasteiger partial charge in [-0.3, -0.25) is 14.9 Å². The topological polar surface area (TPSA) is 135 Å². The molecule has 0 fully saturated rings. The van der Waals surface area contributed by atoms with E-state index in [0.717, 1.165) is 46.5 Å². The van der Waals surface area contributed by atoms with E-state index >= 15 is 0 Å². The predicted molar refractivity (Wildman–Crippen MR) is 174 cm³/mol. The predicted octanol–water partition coefficient (Wildman–Crippen LogP) is 8.14. The standard InChI is InChI=1S/C19H15ClF3NO7.C12H18ClNO2S/c1-3-29-17(25)10(2)30-18(26)13-9-12(5-6-15(13)24(27)28)31-16-7-4-11(8-14(16)20)19(21,22)23;1-8-7-17-10(3)12(8)14(11(15)5-13)9(2)6-16-4/h4-10H,3H2,1-2H3;7,9H,5-6H2,1-4H3. The zero-order chi connectivity index (χ0) is 36.3. The number of anilines is 1. The van der Waals surface area contributed by atoms with Gasteiger partial charge in [-0.2, -0.15) is 13.2 Å². The van der Waals surface area contributed by atoms with Crippen molar-refractivity contribution in [1.29, 1.82) is 0 Å². The highest BCUT2D eigenvalue weighted by Gasteiger charge is 2.31. The Bertz CT molecular complexity index is 1600. The fourth-order valence-electron chi connectivity index (χ4n) is 4.22. The summed E-state index contributed by atoms with van der Waals surface area (Å²) in [7, 11) is 1.63. The summed E-state index contributed by atoms with van der Waals surface area (Å²) in [5.74, 6) is -2.45. The molecule has 0 aliphatic carbocycles. The van der Waals surface area contributed by atoms with Crippen molar-refractivity contribution < 1.29 is 51.4 Å². The van der Waals surface area contributed by atoms with Gasteiger partial charge in [0.1, 0.15) is 22.9 Å². The minimum atomic E-state index is -4.61. The smallest absolute Gasteiger partial charge is 0.416 e. The second-order valence-corrected chi connectivity index (χ2v) is 11.8. The molecule has 1 heterocycles. The van der Waals surface area contributed by atoms with Crippen molar-refractivity contribution >= 4 is 63.8 Å². The molecule has 3 aromatic rings. The number of nitro benzene ring substituents is 1. The maximum Gasteiger partial charge on any atom is 0.416 e. The molecule has 3 rings (SSSR count). The van der Waals surface area contributed by atoms with Crippen LogP contribution in [0.15, 0.2) is 41.8 Å². The fraction of sp³-hybridized carbons (Fsp3) is 0.387. The Morgan fingerprint density at radius 2 is 1.77 bits per heavy atom. The highest BCUT2D eigenvalue weighted by molar-refractivity contribution is 7.10. The summed E-state index contributed by atoms with van der Waals surface area (Å²) in [6.07, 6.45) is -5.94. The Balaban J connectivity index is 0.000000397. The summed E-state index contributed by atoms with van der Waals surface area (Å²) in [5.41, 5.74) is -0.0847. The highest BCUT2D eigenvalue weighted by Crippen LogP contribution is 2.37. The van der Waals surface area contributed by atoms with Crippen molar-refractivity contribution in [2.24, 2.45) is 0 Å². The number of carbonyl (C=O) groups excluding carboxylic acids is 3. The lowest BCUT2D eigenvalue weighted by molar-refractivity contribution is -0.385. The number of thiophene rings is 1. The first-order valence-corrected chi connectivity index (χ1v) is 15.9. The van der Waals surface area contributed by atoms with Crippen LogP contribution in [0, 0.1) is 24.0 Å². The molecule has 0 N–H and O–H groups in total. The molecule has 1 amide bonds. The van der Waals surface area contributed by atoms with Gasteiger partial charge in [0.25, 0.3) is 5.69 Å². The highest BCUT2D eigenvalue weighted by atomic mass is 35.5. The van der Waals surface area contributed by atoms with Crippen LogP contribution in [-0.2, 0) is 30.0 Å². The molecular weight excluding hydrogens is 704 g/mol. The number of ether oxygens (including phenoxy) is 4. The fourth-order valence-corrected chi connectivity index (χ4v) is 5.40. The number of rotatable bonds is 12. The zero-order valence-electron chi connectivity index (χ0n) is 26.7. The maximum atomic E-state index is 12.8. The number of methoxy groups -OCH3 is 1. The molecule has 0 saturated carbocycles. The molecule has 0 aliphatic rings. The molecular formula is C31H33Cl2F3N2O9S. The number of nitrogens with zero attached hydrogens (tertiary/aromatic N) is 2. The molecule has 0 bridgehead atoms. The van der Waals surface area contributed by atoms with E-state index in [1.54, 1.807) is 30.3 Å². The lowest BCUT2D eigenvalue weighted by atomic mass is 10.1. The molecule has 0 saturated heterocycles. The Kier molecular flexibility index (Phi) is 15.1. The molecule has 0 aliphatic heterocycles. The Morgan fingerprint density at radius 3 is 2.27 bits per heavy atom. The van der Waals surface area contributed by atoms with E-state index in [0.29, 0.717) is 12.7 Å². The van der Waals surface area contributed by atoms with Gasteiger partial charge in [0.05, 0.1) is 40.5 Å². The SMILES string of the molecule is CCOC(=O)C(C)OC(=O)c1cc(Oc2ccc(C(F)(F)F)cc2Cl)ccc1[N+](=O)[O-].COCC(C)N(C(=O)CCl)c1c(C)csc1C. The molecule has 262 valence electrons. The van der Waals surface area contributed by atoms with Gasteiger partial charge in [0.2, 0.25) is 5.91 Å². The number of benzene rings is 2. The van der Waals surface area contributed by atoms with Crippen molar-refractivity contribution in [2.75, 3.05) is 31.1 Å². The second kappa shape index (κ2) is 18.0. The summed E-state index contributed by atoms with van der Waals surface area (Å²) >= 11 is 13.2. The average molecular weight is 738 g/mol. The Morgan fingerprint density at radius 1 is 1.10 bits per heavy atom. The molecule has 17 heteroatoms. The summed E-state index contributed by atoms with van der Waals surface area (Å²) in [4.78, 5) is 49.2. The molecule has 2 unspecified atom stereocenters. The monoisotopic (exact) mass is 736 g/mol. The number of hydrogen-bond acceptors (Lipinski definition) is 10. The van der Waals surface area contributed by atoms with Gasteiger partial charge < -0.3 is 23.8 Å². The molecule has 0 spiro atoms. The van der Waals surface area contributed by atoms with E-state index in [1.165, 1.54) is 6.92 Å². The first-order valence-electron chi connectivity index (χ1n) is 14.1. The summed E-state index contributed by atoms with van der Waals surface area (Å²) in [5, 5.41) is 12.9. The molecule has 1 aromatic heterocycles. The van der Waals surface area contributed by atoms with Crippen LogP contribution < -0.4 is 9.64 Å². The number of esters is 2. The first kappa shape index (κ1) is 40.3.